The molecule has 0 N–H and O–H groups in total. The highest BCUT2D eigenvalue weighted by Crippen LogP contribution is 2.32. The molecule has 1 fully saturated rings. The standard InChI is InChI=1S/C15H21N5O2S2/c1-3-13-16-7-11(8-17-13)9-20-6-4-5-12(10-20)14-15(23-19-18-14)24(2,21)22/h7-8,12H,3-6,9-10H2,1-2H3/t12-/m0/s1. The number of rotatable bonds is 5. The molecule has 0 spiro atoms. The first kappa shape index (κ1) is 17.4. The van der Waals surface area contributed by atoms with Gasteiger partial charge in [-0.2, -0.15) is 0 Å². The largest absolute Gasteiger partial charge is 0.298 e. The lowest BCUT2D eigenvalue weighted by atomic mass is 9.95. The summed E-state index contributed by atoms with van der Waals surface area (Å²) in [5.41, 5.74) is 1.71. The SMILES string of the molecule is CCc1ncc(CN2CCC[C@H](c3nnsc3S(C)(=O)=O)C2)cn1. The highest BCUT2D eigenvalue weighted by molar-refractivity contribution is 7.92. The van der Waals surface area contributed by atoms with Crippen molar-refractivity contribution in [1.82, 2.24) is 24.5 Å². The van der Waals surface area contributed by atoms with Crippen LogP contribution in [0.4, 0.5) is 0 Å². The van der Waals surface area contributed by atoms with Crippen LogP contribution in [0.25, 0.3) is 0 Å². The van der Waals surface area contributed by atoms with E-state index in [0.29, 0.717) is 9.90 Å². The van der Waals surface area contributed by atoms with Crippen molar-refractivity contribution in [2.45, 2.75) is 42.9 Å². The van der Waals surface area contributed by atoms with Gasteiger partial charge in [0.05, 0.1) is 5.69 Å². The summed E-state index contributed by atoms with van der Waals surface area (Å²) in [5, 5.41) is 4.11. The molecule has 3 rings (SSSR count). The molecule has 9 heteroatoms. The second-order valence-electron chi connectivity index (χ2n) is 6.15. The molecule has 2 aromatic rings. The van der Waals surface area contributed by atoms with E-state index in [1.54, 1.807) is 0 Å². The Morgan fingerprint density at radius 3 is 2.75 bits per heavy atom. The maximum atomic E-state index is 11.9. The van der Waals surface area contributed by atoms with Crippen molar-refractivity contribution in [3.05, 3.63) is 29.5 Å². The molecule has 2 aromatic heterocycles. The second kappa shape index (κ2) is 7.20. The molecule has 24 heavy (non-hydrogen) atoms. The lowest BCUT2D eigenvalue weighted by Gasteiger charge is -2.31. The van der Waals surface area contributed by atoms with Gasteiger partial charge in [0.2, 0.25) is 0 Å². The predicted octanol–water partition coefficient (Wildman–Crippen LogP) is 1.67. The molecular weight excluding hydrogens is 346 g/mol. The van der Waals surface area contributed by atoms with Crippen molar-refractivity contribution in [2.75, 3.05) is 19.3 Å². The van der Waals surface area contributed by atoms with Crippen molar-refractivity contribution in [2.24, 2.45) is 0 Å². The molecule has 1 atom stereocenters. The van der Waals surface area contributed by atoms with Crippen molar-refractivity contribution < 1.29 is 8.42 Å². The van der Waals surface area contributed by atoms with E-state index >= 15 is 0 Å². The molecule has 0 amide bonds. The zero-order valence-corrected chi connectivity index (χ0v) is 15.5. The first-order valence-electron chi connectivity index (χ1n) is 8.02. The van der Waals surface area contributed by atoms with Gasteiger partial charge in [0.1, 0.15) is 5.82 Å². The Labute approximate surface area is 146 Å². The molecule has 1 saturated heterocycles. The fourth-order valence-electron chi connectivity index (χ4n) is 3.02. The molecule has 130 valence electrons. The zero-order valence-electron chi connectivity index (χ0n) is 13.8. The van der Waals surface area contributed by atoms with Gasteiger partial charge in [-0.15, -0.1) is 5.10 Å². The number of hydrogen-bond acceptors (Lipinski definition) is 8. The Balaban J connectivity index is 1.71. The molecule has 1 aliphatic rings. The minimum absolute atomic E-state index is 0.109. The van der Waals surface area contributed by atoms with Crippen molar-refractivity contribution >= 4 is 21.4 Å². The summed E-state index contributed by atoms with van der Waals surface area (Å²) in [7, 11) is -3.27. The number of sulfone groups is 1. The molecule has 0 bridgehead atoms. The van der Waals surface area contributed by atoms with Gasteiger partial charge in [0.15, 0.2) is 14.0 Å². The van der Waals surface area contributed by atoms with Crippen molar-refractivity contribution in [3.63, 3.8) is 0 Å². The number of likely N-dealkylation sites (tertiary alicyclic amines) is 1. The molecule has 0 aromatic carbocycles. The summed E-state index contributed by atoms with van der Waals surface area (Å²) in [6, 6.07) is 0. The van der Waals surface area contributed by atoms with Gasteiger partial charge in [-0.25, -0.2) is 18.4 Å². The van der Waals surface area contributed by atoms with E-state index in [2.05, 4.69) is 24.5 Å². The van der Waals surface area contributed by atoms with Crippen LogP contribution in [-0.2, 0) is 22.8 Å². The van der Waals surface area contributed by atoms with E-state index in [0.717, 1.165) is 61.8 Å². The third-order valence-electron chi connectivity index (χ3n) is 4.19. The van der Waals surface area contributed by atoms with Gasteiger partial charge in [0.25, 0.3) is 0 Å². The number of aromatic nitrogens is 4. The summed E-state index contributed by atoms with van der Waals surface area (Å²) in [6.07, 6.45) is 7.76. The minimum Gasteiger partial charge on any atom is -0.298 e. The van der Waals surface area contributed by atoms with Gasteiger partial charge in [-0.05, 0) is 19.4 Å². The first-order valence-corrected chi connectivity index (χ1v) is 10.7. The van der Waals surface area contributed by atoms with Crippen molar-refractivity contribution in [1.29, 1.82) is 0 Å². The van der Waals surface area contributed by atoms with Gasteiger partial charge in [0, 0.05) is 61.2 Å². The van der Waals surface area contributed by atoms with Crippen LogP contribution in [-0.4, -0.2) is 52.2 Å². The summed E-state index contributed by atoms with van der Waals surface area (Å²) in [5.74, 6) is 0.958. The van der Waals surface area contributed by atoms with Gasteiger partial charge in [-0.1, -0.05) is 11.4 Å². The van der Waals surface area contributed by atoms with Crippen LogP contribution in [0.2, 0.25) is 0 Å². The molecule has 0 aliphatic carbocycles. The van der Waals surface area contributed by atoms with Crippen LogP contribution in [0.3, 0.4) is 0 Å². The monoisotopic (exact) mass is 367 g/mol. The highest BCUT2D eigenvalue weighted by Gasteiger charge is 2.29. The molecular formula is C15H21N5O2S2. The molecule has 7 nitrogen and oxygen atoms in total. The molecule has 0 radical (unpaired) electrons. The minimum atomic E-state index is -3.27. The number of piperidine rings is 1. The topological polar surface area (TPSA) is 88.9 Å². The Morgan fingerprint density at radius 1 is 1.33 bits per heavy atom. The van der Waals surface area contributed by atoms with Crippen LogP contribution in [0.5, 0.6) is 0 Å². The zero-order chi connectivity index (χ0) is 17.2. The Bertz CT molecular complexity index is 788. The van der Waals surface area contributed by atoms with Gasteiger partial charge >= 0.3 is 0 Å². The van der Waals surface area contributed by atoms with Gasteiger partial charge in [-0.3, -0.25) is 4.90 Å². The van der Waals surface area contributed by atoms with Crippen LogP contribution in [0.15, 0.2) is 16.6 Å². The average molecular weight is 368 g/mol. The van der Waals surface area contributed by atoms with Crippen LogP contribution < -0.4 is 0 Å². The third kappa shape index (κ3) is 3.96. The van der Waals surface area contributed by atoms with Crippen molar-refractivity contribution in [3.8, 4) is 0 Å². The number of nitrogens with zero attached hydrogens (tertiary/aromatic N) is 5. The summed E-state index contributed by atoms with van der Waals surface area (Å²) >= 11 is 0.972. The average Bonchev–Trinajstić information content (AvgIpc) is 3.06. The lowest BCUT2D eigenvalue weighted by molar-refractivity contribution is 0.197. The maximum absolute atomic E-state index is 11.9. The van der Waals surface area contributed by atoms with Crippen LogP contribution >= 0.6 is 11.5 Å². The van der Waals surface area contributed by atoms with Crippen LogP contribution in [0.1, 0.15) is 42.8 Å². The first-order chi connectivity index (χ1) is 11.5. The highest BCUT2D eigenvalue weighted by atomic mass is 32.2. The molecule has 0 unspecified atom stereocenters. The maximum Gasteiger partial charge on any atom is 0.188 e. The van der Waals surface area contributed by atoms with E-state index < -0.39 is 9.84 Å². The lowest BCUT2D eigenvalue weighted by Crippen LogP contribution is -2.34. The normalized spacial score (nSPS) is 19.5. The Kier molecular flexibility index (Phi) is 5.21. The quantitative estimate of drug-likeness (QED) is 0.794. The fourth-order valence-corrected chi connectivity index (χ4v) is 4.75. The Hall–Kier alpha value is -1.45. The fraction of sp³-hybridized carbons (Fsp3) is 0.600. The van der Waals surface area contributed by atoms with E-state index in [4.69, 9.17) is 0 Å². The molecule has 3 heterocycles. The van der Waals surface area contributed by atoms with E-state index in [1.165, 1.54) is 6.26 Å². The summed E-state index contributed by atoms with van der Waals surface area (Å²) in [4.78, 5) is 11.0. The predicted molar refractivity (Wildman–Crippen MR) is 91.7 cm³/mol. The van der Waals surface area contributed by atoms with Gasteiger partial charge < -0.3 is 0 Å². The summed E-state index contributed by atoms with van der Waals surface area (Å²) < 4.78 is 28.0. The third-order valence-corrected chi connectivity index (χ3v) is 6.74. The number of hydrogen-bond donors (Lipinski definition) is 0. The second-order valence-corrected chi connectivity index (χ2v) is 9.12. The molecule has 0 saturated carbocycles. The van der Waals surface area contributed by atoms with E-state index in [1.807, 2.05) is 19.3 Å². The number of aryl methyl sites for hydroxylation is 1. The Morgan fingerprint density at radius 2 is 2.08 bits per heavy atom. The molecule has 1 aliphatic heterocycles. The smallest absolute Gasteiger partial charge is 0.188 e. The van der Waals surface area contributed by atoms with E-state index in [-0.39, 0.29) is 5.92 Å². The summed E-state index contributed by atoms with van der Waals surface area (Å²) in [6.45, 7) is 4.57. The van der Waals surface area contributed by atoms with Crippen LogP contribution in [0, 0.1) is 0 Å². The van der Waals surface area contributed by atoms with E-state index in [9.17, 15) is 8.42 Å².